The average Bonchev–Trinajstić information content (AvgIpc) is 2.88. The summed E-state index contributed by atoms with van der Waals surface area (Å²) in [6.45, 7) is 7.54. The van der Waals surface area contributed by atoms with Gasteiger partial charge >= 0.3 is 0 Å². The van der Waals surface area contributed by atoms with E-state index >= 15 is 0 Å². The number of carbonyl (C=O) groups excluding carboxylic acids is 2. The van der Waals surface area contributed by atoms with Crippen LogP contribution in [0.2, 0.25) is 0 Å². The number of aryl methyl sites for hydroxylation is 2. The normalized spacial score (nSPS) is 13.9. The van der Waals surface area contributed by atoms with Gasteiger partial charge in [0, 0.05) is 24.4 Å². The van der Waals surface area contributed by atoms with Gasteiger partial charge in [-0.15, -0.1) is 6.58 Å². The number of nitro groups is 1. The lowest BCUT2D eigenvalue weighted by Crippen LogP contribution is -2.32. The van der Waals surface area contributed by atoms with Crippen LogP contribution < -0.4 is 5.32 Å². The Morgan fingerprint density at radius 3 is 2.36 bits per heavy atom. The van der Waals surface area contributed by atoms with E-state index in [2.05, 4.69) is 11.9 Å². The number of nitro benzene ring substituents is 1. The fraction of sp³-hybridized carbons (Fsp3) is 0.143. The molecule has 2 aromatic carbocycles. The van der Waals surface area contributed by atoms with Crippen LogP contribution in [-0.4, -0.2) is 28.2 Å². The van der Waals surface area contributed by atoms with E-state index < -0.39 is 16.7 Å². The molecule has 2 amide bonds. The molecular weight excluding hydrogens is 358 g/mol. The van der Waals surface area contributed by atoms with E-state index in [-0.39, 0.29) is 23.5 Å². The fourth-order valence-corrected chi connectivity index (χ4v) is 3.09. The summed E-state index contributed by atoms with van der Waals surface area (Å²) < 4.78 is 0. The zero-order valence-corrected chi connectivity index (χ0v) is 15.6. The van der Waals surface area contributed by atoms with Gasteiger partial charge in [-0.05, 0) is 43.2 Å². The molecule has 1 N–H and O–H groups in total. The van der Waals surface area contributed by atoms with Crippen molar-refractivity contribution in [3.63, 3.8) is 0 Å². The number of hydrogen-bond donors (Lipinski definition) is 1. The molecule has 0 unspecified atom stereocenters. The Morgan fingerprint density at radius 1 is 1.11 bits per heavy atom. The van der Waals surface area contributed by atoms with Crippen molar-refractivity contribution in [2.75, 3.05) is 11.9 Å². The summed E-state index contributed by atoms with van der Waals surface area (Å²) in [6.07, 6.45) is 1.48. The number of hydrogen-bond acceptors (Lipinski definition) is 5. The molecule has 2 aromatic rings. The Hall–Kier alpha value is -3.74. The molecule has 0 aromatic heterocycles. The number of imide groups is 1. The number of non-ortho nitro benzene ring substituents is 1. The first kappa shape index (κ1) is 19.0. The molecule has 0 bridgehead atoms. The second kappa shape index (κ2) is 7.48. The van der Waals surface area contributed by atoms with E-state index in [1.54, 1.807) is 0 Å². The maximum atomic E-state index is 12.9. The third kappa shape index (κ3) is 3.42. The van der Waals surface area contributed by atoms with E-state index in [9.17, 15) is 19.7 Å². The van der Waals surface area contributed by atoms with Crippen molar-refractivity contribution in [2.24, 2.45) is 0 Å². The number of benzene rings is 2. The van der Waals surface area contributed by atoms with Crippen LogP contribution in [0.15, 0.2) is 60.8 Å². The number of rotatable bonds is 6. The van der Waals surface area contributed by atoms with Crippen molar-refractivity contribution in [3.8, 4) is 0 Å². The van der Waals surface area contributed by atoms with Gasteiger partial charge in [-0.25, -0.2) is 0 Å². The van der Waals surface area contributed by atoms with Crippen LogP contribution in [0.4, 0.5) is 11.4 Å². The summed E-state index contributed by atoms with van der Waals surface area (Å²) in [5.41, 5.74) is 3.39. The Kier molecular flexibility index (Phi) is 5.08. The summed E-state index contributed by atoms with van der Waals surface area (Å²) in [5, 5.41) is 14.0. The van der Waals surface area contributed by atoms with E-state index in [0.717, 1.165) is 16.0 Å². The topological polar surface area (TPSA) is 92.6 Å². The first-order valence-corrected chi connectivity index (χ1v) is 8.64. The lowest BCUT2D eigenvalue weighted by molar-refractivity contribution is -0.384. The Labute approximate surface area is 162 Å². The average molecular weight is 377 g/mol. The van der Waals surface area contributed by atoms with Crippen molar-refractivity contribution >= 4 is 28.8 Å². The van der Waals surface area contributed by atoms with Crippen molar-refractivity contribution in [1.82, 2.24) is 4.90 Å². The van der Waals surface area contributed by atoms with Crippen molar-refractivity contribution in [3.05, 3.63) is 87.6 Å². The lowest BCUT2D eigenvalue weighted by Gasteiger charge is -2.13. The van der Waals surface area contributed by atoms with Gasteiger partial charge in [0.25, 0.3) is 17.5 Å². The molecule has 28 heavy (non-hydrogen) atoms. The second-order valence-corrected chi connectivity index (χ2v) is 6.51. The summed E-state index contributed by atoms with van der Waals surface area (Å²) >= 11 is 0. The number of anilines is 1. The summed E-state index contributed by atoms with van der Waals surface area (Å²) in [7, 11) is 0. The van der Waals surface area contributed by atoms with E-state index in [4.69, 9.17) is 0 Å². The second-order valence-electron chi connectivity index (χ2n) is 6.51. The molecular formula is C21H19N3O4. The molecule has 7 nitrogen and oxygen atoms in total. The zero-order valence-electron chi connectivity index (χ0n) is 15.6. The van der Waals surface area contributed by atoms with Crippen LogP contribution in [0.1, 0.15) is 16.7 Å². The standard InChI is InChI=1S/C21H19N3O4/c1-4-11-23-20(25)18(15-6-8-16(9-7-15)24(27)28)19(21(23)26)22-17-10-5-13(2)12-14(17)3/h4-10,12,22H,1,11H2,2-3H3. The third-order valence-corrected chi connectivity index (χ3v) is 4.49. The van der Waals surface area contributed by atoms with Crippen LogP contribution in [0.3, 0.4) is 0 Å². The van der Waals surface area contributed by atoms with Gasteiger partial charge in [-0.3, -0.25) is 24.6 Å². The van der Waals surface area contributed by atoms with Crippen LogP contribution in [0.5, 0.6) is 0 Å². The SMILES string of the molecule is C=CCN1C(=O)C(Nc2ccc(C)cc2C)=C(c2ccc([N+](=O)[O-])cc2)C1=O. The van der Waals surface area contributed by atoms with Crippen molar-refractivity contribution in [2.45, 2.75) is 13.8 Å². The highest BCUT2D eigenvalue weighted by atomic mass is 16.6. The molecule has 0 atom stereocenters. The monoisotopic (exact) mass is 377 g/mol. The highest BCUT2D eigenvalue weighted by Gasteiger charge is 2.38. The first-order chi connectivity index (χ1) is 13.3. The fourth-order valence-electron chi connectivity index (χ4n) is 3.09. The number of carbonyl (C=O) groups is 2. The molecule has 0 aliphatic carbocycles. The van der Waals surface area contributed by atoms with Gasteiger partial charge in [0.2, 0.25) is 0 Å². The number of nitrogens with zero attached hydrogens (tertiary/aromatic N) is 2. The molecule has 7 heteroatoms. The first-order valence-electron chi connectivity index (χ1n) is 8.64. The van der Waals surface area contributed by atoms with Crippen LogP contribution in [-0.2, 0) is 9.59 Å². The van der Waals surface area contributed by atoms with Crippen LogP contribution >= 0.6 is 0 Å². The highest BCUT2D eigenvalue weighted by molar-refractivity contribution is 6.36. The van der Waals surface area contributed by atoms with Gasteiger partial charge in [0.15, 0.2) is 0 Å². The zero-order chi connectivity index (χ0) is 20.4. The smallest absolute Gasteiger partial charge is 0.278 e. The molecule has 0 radical (unpaired) electrons. The van der Waals surface area contributed by atoms with E-state index in [1.807, 2.05) is 32.0 Å². The van der Waals surface area contributed by atoms with Crippen LogP contribution in [0, 0.1) is 24.0 Å². The Bertz CT molecular complexity index is 1020. The molecule has 1 aliphatic rings. The Balaban J connectivity index is 2.10. The maximum Gasteiger partial charge on any atom is 0.278 e. The molecule has 3 rings (SSSR count). The van der Waals surface area contributed by atoms with E-state index in [0.29, 0.717) is 11.3 Å². The molecule has 0 fully saturated rings. The van der Waals surface area contributed by atoms with Crippen LogP contribution in [0.25, 0.3) is 5.57 Å². The molecule has 0 spiro atoms. The minimum absolute atomic E-state index is 0.0756. The molecule has 1 heterocycles. The van der Waals surface area contributed by atoms with Crippen molar-refractivity contribution < 1.29 is 14.5 Å². The largest absolute Gasteiger partial charge is 0.350 e. The van der Waals surface area contributed by atoms with E-state index in [1.165, 1.54) is 30.3 Å². The Morgan fingerprint density at radius 2 is 1.79 bits per heavy atom. The third-order valence-electron chi connectivity index (χ3n) is 4.49. The number of amides is 2. The van der Waals surface area contributed by atoms with Gasteiger partial charge in [-0.2, -0.15) is 0 Å². The molecule has 142 valence electrons. The van der Waals surface area contributed by atoms with Crippen molar-refractivity contribution in [1.29, 1.82) is 0 Å². The quantitative estimate of drug-likeness (QED) is 0.359. The predicted octanol–water partition coefficient (Wildman–Crippen LogP) is 3.59. The summed E-state index contributed by atoms with van der Waals surface area (Å²) in [6, 6.07) is 11.3. The summed E-state index contributed by atoms with van der Waals surface area (Å²) in [5.74, 6) is -0.927. The van der Waals surface area contributed by atoms with Gasteiger partial charge in [0.05, 0.1) is 10.5 Å². The predicted molar refractivity (Wildman–Crippen MR) is 106 cm³/mol. The van der Waals surface area contributed by atoms with Gasteiger partial charge in [0.1, 0.15) is 5.70 Å². The lowest BCUT2D eigenvalue weighted by atomic mass is 10.0. The molecule has 1 aliphatic heterocycles. The minimum atomic E-state index is -0.515. The number of nitrogens with one attached hydrogen (secondary N) is 1. The summed E-state index contributed by atoms with van der Waals surface area (Å²) in [4.78, 5) is 37.2. The van der Waals surface area contributed by atoms with Gasteiger partial charge in [-0.1, -0.05) is 23.8 Å². The molecule has 0 saturated heterocycles. The maximum absolute atomic E-state index is 12.9. The minimum Gasteiger partial charge on any atom is -0.350 e. The van der Waals surface area contributed by atoms with Gasteiger partial charge < -0.3 is 5.32 Å². The highest BCUT2D eigenvalue weighted by Crippen LogP contribution is 2.32. The molecule has 0 saturated carbocycles.